The SMILES string of the molecule is NCCCCc1nnc(NC(=O)c2ccco2)s1. The highest BCUT2D eigenvalue weighted by Crippen LogP contribution is 2.18. The average Bonchev–Trinajstić information content (AvgIpc) is 3.00. The summed E-state index contributed by atoms with van der Waals surface area (Å²) in [6.45, 7) is 0.681. The van der Waals surface area contributed by atoms with Crippen LogP contribution >= 0.6 is 11.3 Å². The number of aromatic nitrogens is 2. The van der Waals surface area contributed by atoms with Gasteiger partial charge in [-0.25, -0.2) is 0 Å². The number of rotatable bonds is 6. The highest BCUT2D eigenvalue weighted by atomic mass is 32.1. The van der Waals surface area contributed by atoms with Crippen molar-refractivity contribution in [3.8, 4) is 0 Å². The molecule has 0 spiro atoms. The summed E-state index contributed by atoms with van der Waals surface area (Å²) in [6, 6.07) is 3.26. The molecule has 1 amide bonds. The Bertz CT molecular complexity index is 495. The Labute approximate surface area is 108 Å². The van der Waals surface area contributed by atoms with Gasteiger partial charge in [-0.3, -0.25) is 10.1 Å². The van der Waals surface area contributed by atoms with Gasteiger partial charge in [0.1, 0.15) is 5.01 Å². The Morgan fingerprint density at radius 2 is 2.33 bits per heavy atom. The van der Waals surface area contributed by atoms with E-state index in [4.69, 9.17) is 10.2 Å². The smallest absolute Gasteiger partial charge is 0.293 e. The number of nitrogens with zero attached hydrogens (tertiary/aromatic N) is 2. The Kier molecular flexibility index (Phi) is 4.43. The normalized spacial score (nSPS) is 10.5. The lowest BCUT2D eigenvalue weighted by Crippen LogP contribution is -2.10. The van der Waals surface area contributed by atoms with Crippen molar-refractivity contribution in [2.45, 2.75) is 19.3 Å². The van der Waals surface area contributed by atoms with Gasteiger partial charge in [0.05, 0.1) is 6.26 Å². The summed E-state index contributed by atoms with van der Waals surface area (Å²) in [5, 5.41) is 11.9. The van der Waals surface area contributed by atoms with Crippen LogP contribution in [0.2, 0.25) is 0 Å². The average molecular weight is 266 g/mol. The van der Waals surface area contributed by atoms with E-state index in [0.717, 1.165) is 24.3 Å². The molecule has 0 aliphatic rings. The van der Waals surface area contributed by atoms with E-state index in [1.54, 1.807) is 12.1 Å². The maximum absolute atomic E-state index is 11.7. The van der Waals surface area contributed by atoms with Gasteiger partial charge in [0, 0.05) is 6.42 Å². The molecule has 6 nitrogen and oxygen atoms in total. The first-order chi connectivity index (χ1) is 8.79. The third-order valence-corrected chi connectivity index (χ3v) is 3.18. The van der Waals surface area contributed by atoms with Gasteiger partial charge in [-0.1, -0.05) is 11.3 Å². The number of carbonyl (C=O) groups excluding carboxylic acids is 1. The number of unbranched alkanes of at least 4 members (excludes halogenated alkanes) is 1. The van der Waals surface area contributed by atoms with E-state index in [-0.39, 0.29) is 11.7 Å². The lowest BCUT2D eigenvalue weighted by atomic mass is 10.2. The van der Waals surface area contributed by atoms with Crippen LogP contribution in [0.5, 0.6) is 0 Å². The van der Waals surface area contributed by atoms with Crippen molar-refractivity contribution >= 4 is 22.4 Å². The van der Waals surface area contributed by atoms with Crippen molar-refractivity contribution < 1.29 is 9.21 Å². The van der Waals surface area contributed by atoms with Gasteiger partial charge in [-0.05, 0) is 31.5 Å². The van der Waals surface area contributed by atoms with Crippen LogP contribution in [0, 0.1) is 0 Å². The summed E-state index contributed by atoms with van der Waals surface area (Å²) >= 11 is 1.37. The summed E-state index contributed by atoms with van der Waals surface area (Å²) < 4.78 is 4.98. The predicted molar refractivity (Wildman–Crippen MR) is 68.6 cm³/mol. The standard InChI is InChI=1S/C11H14N4O2S/c12-6-2-1-5-9-14-15-11(18-9)13-10(16)8-4-3-7-17-8/h3-4,7H,1-2,5-6,12H2,(H,13,15,16). The van der Waals surface area contributed by atoms with Crippen LogP contribution in [-0.2, 0) is 6.42 Å². The molecule has 7 heteroatoms. The molecule has 0 aromatic carbocycles. The fourth-order valence-corrected chi connectivity index (χ4v) is 2.17. The lowest BCUT2D eigenvalue weighted by molar-refractivity contribution is 0.0996. The molecule has 2 aromatic rings. The quantitative estimate of drug-likeness (QED) is 0.775. The molecule has 2 rings (SSSR count). The second kappa shape index (κ2) is 6.27. The van der Waals surface area contributed by atoms with Crippen LogP contribution < -0.4 is 11.1 Å². The Hall–Kier alpha value is -1.73. The van der Waals surface area contributed by atoms with Crippen LogP contribution in [0.15, 0.2) is 22.8 Å². The van der Waals surface area contributed by atoms with Crippen molar-refractivity contribution in [2.24, 2.45) is 5.73 Å². The number of hydrogen-bond donors (Lipinski definition) is 2. The molecule has 2 aromatic heterocycles. The number of nitrogens with two attached hydrogens (primary N) is 1. The second-order valence-electron chi connectivity index (χ2n) is 3.68. The van der Waals surface area contributed by atoms with E-state index in [1.165, 1.54) is 17.6 Å². The fraction of sp³-hybridized carbons (Fsp3) is 0.364. The van der Waals surface area contributed by atoms with Crippen LogP contribution in [0.4, 0.5) is 5.13 Å². The van der Waals surface area contributed by atoms with E-state index in [0.29, 0.717) is 11.7 Å². The summed E-state index contributed by atoms with van der Waals surface area (Å²) in [5.74, 6) is -0.0560. The molecular weight excluding hydrogens is 252 g/mol. The van der Waals surface area contributed by atoms with E-state index in [9.17, 15) is 4.79 Å². The van der Waals surface area contributed by atoms with Crippen LogP contribution in [0.1, 0.15) is 28.4 Å². The van der Waals surface area contributed by atoms with Gasteiger partial charge in [-0.15, -0.1) is 10.2 Å². The van der Waals surface area contributed by atoms with Crippen molar-refractivity contribution in [1.82, 2.24) is 10.2 Å². The van der Waals surface area contributed by atoms with Crippen molar-refractivity contribution in [3.63, 3.8) is 0 Å². The zero-order chi connectivity index (χ0) is 12.8. The van der Waals surface area contributed by atoms with Crippen LogP contribution in [0.25, 0.3) is 0 Å². The van der Waals surface area contributed by atoms with E-state index >= 15 is 0 Å². The highest BCUT2D eigenvalue weighted by molar-refractivity contribution is 7.15. The molecule has 96 valence electrons. The number of aryl methyl sites for hydroxylation is 1. The first-order valence-electron chi connectivity index (χ1n) is 5.67. The topological polar surface area (TPSA) is 94.0 Å². The van der Waals surface area contributed by atoms with Gasteiger partial charge in [0.2, 0.25) is 5.13 Å². The Morgan fingerprint density at radius 3 is 3.06 bits per heavy atom. The maximum atomic E-state index is 11.7. The minimum Gasteiger partial charge on any atom is -0.459 e. The molecule has 0 saturated carbocycles. The van der Waals surface area contributed by atoms with Gasteiger partial charge in [0.25, 0.3) is 5.91 Å². The zero-order valence-corrected chi connectivity index (χ0v) is 10.6. The molecule has 0 aliphatic heterocycles. The minimum absolute atomic E-state index is 0.259. The van der Waals surface area contributed by atoms with Crippen molar-refractivity contribution in [3.05, 3.63) is 29.2 Å². The monoisotopic (exact) mass is 266 g/mol. The molecule has 0 saturated heterocycles. The number of anilines is 1. The molecule has 0 aliphatic carbocycles. The molecule has 0 unspecified atom stereocenters. The maximum Gasteiger partial charge on any atom is 0.293 e. The molecule has 3 N–H and O–H groups in total. The molecule has 0 radical (unpaired) electrons. The molecular formula is C11H14N4O2S. The zero-order valence-electron chi connectivity index (χ0n) is 9.76. The number of hydrogen-bond acceptors (Lipinski definition) is 6. The first-order valence-corrected chi connectivity index (χ1v) is 6.48. The predicted octanol–water partition coefficient (Wildman–Crippen LogP) is 1.66. The van der Waals surface area contributed by atoms with Crippen molar-refractivity contribution in [1.29, 1.82) is 0 Å². The molecule has 0 bridgehead atoms. The number of furan rings is 1. The highest BCUT2D eigenvalue weighted by Gasteiger charge is 2.11. The number of carbonyl (C=O) groups is 1. The number of amides is 1. The van der Waals surface area contributed by atoms with E-state index in [2.05, 4.69) is 15.5 Å². The van der Waals surface area contributed by atoms with Gasteiger partial charge in [0.15, 0.2) is 5.76 Å². The van der Waals surface area contributed by atoms with Gasteiger partial charge < -0.3 is 10.2 Å². The molecule has 2 heterocycles. The fourth-order valence-electron chi connectivity index (χ4n) is 1.39. The molecule has 18 heavy (non-hydrogen) atoms. The summed E-state index contributed by atoms with van der Waals surface area (Å²) in [7, 11) is 0. The third-order valence-electron chi connectivity index (χ3n) is 2.28. The minimum atomic E-state index is -0.315. The Morgan fingerprint density at radius 1 is 1.44 bits per heavy atom. The summed E-state index contributed by atoms with van der Waals surface area (Å²) in [5.41, 5.74) is 5.42. The largest absolute Gasteiger partial charge is 0.459 e. The first kappa shape index (κ1) is 12.7. The van der Waals surface area contributed by atoms with E-state index in [1.807, 2.05) is 0 Å². The lowest BCUT2D eigenvalue weighted by Gasteiger charge is -1.96. The second-order valence-corrected chi connectivity index (χ2v) is 4.74. The van der Waals surface area contributed by atoms with Crippen LogP contribution in [-0.4, -0.2) is 22.6 Å². The van der Waals surface area contributed by atoms with Gasteiger partial charge in [-0.2, -0.15) is 0 Å². The van der Waals surface area contributed by atoms with Crippen LogP contribution in [0.3, 0.4) is 0 Å². The third kappa shape index (κ3) is 3.38. The summed E-state index contributed by atoms with van der Waals surface area (Å²) in [6.07, 6.45) is 4.24. The van der Waals surface area contributed by atoms with E-state index < -0.39 is 0 Å². The summed E-state index contributed by atoms with van der Waals surface area (Å²) in [4.78, 5) is 11.7. The Balaban J connectivity index is 1.88. The molecule has 0 fully saturated rings. The van der Waals surface area contributed by atoms with Crippen molar-refractivity contribution in [2.75, 3.05) is 11.9 Å². The molecule has 0 atom stereocenters. The van der Waals surface area contributed by atoms with Gasteiger partial charge >= 0.3 is 0 Å². The number of nitrogens with one attached hydrogen (secondary N) is 1.